The van der Waals surface area contributed by atoms with Crippen molar-refractivity contribution in [2.24, 2.45) is 0 Å². The molecule has 2 aromatic heterocycles. The van der Waals surface area contributed by atoms with Crippen molar-refractivity contribution < 1.29 is 4.79 Å². The number of carbonyl (C=O) groups excluding carboxylic acids is 1. The molecule has 0 saturated carbocycles. The minimum absolute atomic E-state index is 0.0178. The summed E-state index contributed by atoms with van der Waals surface area (Å²) in [5.74, 6) is -0.0178. The highest BCUT2D eigenvalue weighted by Gasteiger charge is 2.13. The molecule has 1 aromatic carbocycles. The van der Waals surface area contributed by atoms with E-state index < -0.39 is 0 Å². The Kier molecular flexibility index (Phi) is 3.12. The number of aromatic nitrogens is 2. The summed E-state index contributed by atoms with van der Waals surface area (Å²) < 4.78 is 2.78. The second kappa shape index (κ2) is 4.79. The maximum absolute atomic E-state index is 12.2. The third-order valence-electron chi connectivity index (χ3n) is 2.80. The highest BCUT2D eigenvalue weighted by Crippen LogP contribution is 2.20. The first-order chi connectivity index (χ1) is 9.13. The van der Waals surface area contributed by atoms with E-state index in [4.69, 9.17) is 5.73 Å². The van der Waals surface area contributed by atoms with Gasteiger partial charge in [-0.25, -0.2) is 4.98 Å². The number of nitrogen functional groups attached to an aromatic ring is 1. The average molecular weight is 336 g/mol. The lowest BCUT2D eigenvalue weighted by molar-refractivity contribution is 0.0993. The van der Waals surface area contributed by atoms with Crippen LogP contribution in [0.3, 0.4) is 0 Å². The first-order valence-corrected chi connectivity index (χ1v) is 7.30. The van der Waals surface area contributed by atoms with Gasteiger partial charge in [0.25, 0.3) is 0 Å². The second-order valence-corrected chi connectivity index (χ2v) is 5.95. The standard InChI is InChI=1S/C13H10BrN3OS/c14-8-1-2-10(11(15)5-8)12(18)6-9-7-17-3-4-19-13(17)16-9/h1-5,7H,6,15H2. The third-order valence-corrected chi connectivity index (χ3v) is 4.06. The van der Waals surface area contributed by atoms with Gasteiger partial charge in [-0.2, -0.15) is 0 Å². The lowest BCUT2D eigenvalue weighted by atomic mass is 10.1. The molecule has 2 heterocycles. The highest BCUT2D eigenvalue weighted by molar-refractivity contribution is 9.10. The van der Waals surface area contributed by atoms with Crippen LogP contribution >= 0.6 is 27.3 Å². The van der Waals surface area contributed by atoms with Gasteiger partial charge in [-0.05, 0) is 18.2 Å². The number of fused-ring (bicyclic) bond motifs is 1. The van der Waals surface area contributed by atoms with Crippen molar-refractivity contribution >= 4 is 43.7 Å². The SMILES string of the molecule is Nc1cc(Br)ccc1C(=O)Cc1cn2ccsc2n1. The summed E-state index contributed by atoms with van der Waals surface area (Å²) in [6.45, 7) is 0. The number of hydrogen-bond donors (Lipinski definition) is 1. The summed E-state index contributed by atoms with van der Waals surface area (Å²) in [5.41, 5.74) is 7.65. The largest absolute Gasteiger partial charge is 0.398 e. The van der Waals surface area contributed by atoms with E-state index in [9.17, 15) is 4.79 Å². The summed E-state index contributed by atoms with van der Waals surface area (Å²) in [5, 5.41) is 1.96. The fourth-order valence-electron chi connectivity index (χ4n) is 1.91. The minimum Gasteiger partial charge on any atom is -0.398 e. The van der Waals surface area contributed by atoms with Gasteiger partial charge >= 0.3 is 0 Å². The van der Waals surface area contributed by atoms with Crippen LogP contribution in [0.1, 0.15) is 16.1 Å². The summed E-state index contributed by atoms with van der Waals surface area (Å²) in [7, 11) is 0. The summed E-state index contributed by atoms with van der Waals surface area (Å²) in [6.07, 6.45) is 4.06. The molecule has 0 saturated heterocycles. The van der Waals surface area contributed by atoms with Gasteiger partial charge in [-0.15, -0.1) is 11.3 Å². The molecule has 3 rings (SSSR count). The van der Waals surface area contributed by atoms with Crippen LogP contribution in [0.15, 0.2) is 40.4 Å². The number of ketones is 1. The van der Waals surface area contributed by atoms with E-state index >= 15 is 0 Å². The number of nitrogens with zero attached hydrogens (tertiary/aromatic N) is 2. The molecule has 19 heavy (non-hydrogen) atoms. The number of Topliss-reactive ketones (excluding diaryl/α,β-unsaturated/α-hetero) is 1. The van der Waals surface area contributed by atoms with E-state index in [2.05, 4.69) is 20.9 Å². The molecule has 0 bridgehead atoms. The van der Waals surface area contributed by atoms with Crippen LogP contribution in [0.2, 0.25) is 0 Å². The van der Waals surface area contributed by atoms with E-state index in [0.29, 0.717) is 11.3 Å². The second-order valence-electron chi connectivity index (χ2n) is 4.16. The lowest BCUT2D eigenvalue weighted by Gasteiger charge is -2.03. The van der Waals surface area contributed by atoms with Crippen LogP contribution in [-0.2, 0) is 6.42 Å². The Balaban J connectivity index is 1.86. The van der Waals surface area contributed by atoms with Crippen molar-refractivity contribution in [3.05, 3.63) is 51.7 Å². The smallest absolute Gasteiger partial charge is 0.193 e. The number of rotatable bonds is 3. The van der Waals surface area contributed by atoms with Gasteiger partial charge in [0.1, 0.15) is 0 Å². The Morgan fingerprint density at radius 3 is 3.05 bits per heavy atom. The monoisotopic (exact) mass is 335 g/mol. The molecule has 0 unspecified atom stereocenters. The van der Waals surface area contributed by atoms with Crippen LogP contribution in [-0.4, -0.2) is 15.2 Å². The number of hydrogen-bond acceptors (Lipinski definition) is 4. The zero-order valence-electron chi connectivity index (χ0n) is 9.84. The molecule has 6 heteroatoms. The third kappa shape index (κ3) is 2.41. The molecule has 0 atom stereocenters. The first kappa shape index (κ1) is 12.4. The molecule has 2 N–H and O–H groups in total. The van der Waals surface area contributed by atoms with Crippen molar-refractivity contribution in [3.63, 3.8) is 0 Å². The summed E-state index contributed by atoms with van der Waals surface area (Å²) >= 11 is 4.87. The summed E-state index contributed by atoms with van der Waals surface area (Å²) in [4.78, 5) is 17.5. The fraction of sp³-hybridized carbons (Fsp3) is 0.0769. The van der Waals surface area contributed by atoms with Crippen molar-refractivity contribution in [1.29, 1.82) is 0 Å². The van der Waals surface area contributed by atoms with E-state index in [1.54, 1.807) is 23.5 Å². The van der Waals surface area contributed by atoms with Gasteiger partial charge in [0.15, 0.2) is 10.7 Å². The van der Waals surface area contributed by atoms with Gasteiger partial charge < -0.3 is 5.73 Å². The molecule has 0 fully saturated rings. The van der Waals surface area contributed by atoms with Crippen molar-refractivity contribution in [2.45, 2.75) is 6.42 Å². The molecule has 0 amide bonds. The average Bonchev–Trinajstić information content (AvgIpc) is 2.89. The van der Waals surface area contributed by atoms with Crippen LogP contribution in [0, 0.1) is 0 Å². The van der Waals surface area contributed by atoms with Crippen LogP contribution in [0.25, 0.3) is 4.96 Å². The normalized spacial score (nSPS) is 11.0. The minimum atomic E-state index is -0.0178. The number of imidazole rings is 1. The maximum atomic E-state index is 12.2. The molecule has 0 aliphatic carbocycles. The van der Waals surface area contributed by atoms with Crippen molar-refractivity contribution in [3.8, 4) is 0 Å². The Morgan fingerprint density at radius 2 is 2.32 bits per heavy atom. The Labute approximate surface area is 122 Å². The number of thiazole rings is 1. The maximum Gasteiger partial charge on any atom is 0.193 e. The lowest BCUT2D eigenvalue weighted by Crippen LogP contribution is -2.07. The predicted octanol–water partition coefficient (Wildman–Crippen LogP) is 3.17. The van der Waals surface area contributed by atoms with E-state index in [0.717, 1.165) is 15.1 Å². The van der Waals surface area contributed by atoms with Gasteiger partial charge in [0.2, 0.25) is 0 Å². The first-order valence-electron chi connectivity index (χ1n) is 5.63. The fourth-order valence-corrected chi connectivity index (χ4v) is 3.01. The van der Waals surface area contributed by atoms with E-state index in [1.807, 2.05) is 28.2 Å². The highest BCUT2D eigenvalue weighted by atomic mass is 79.9. The Hall–Kier alpha value is -1.66. The van der Waals surface area contributed by atoms with Gasteiger partial charge in [-0.3, -0.25) is 9.20 Å². The van der Waals surface area contributed by atoms with Gasteiger partial charge in [0.05, 0.1) is 12.1 Å². The number of halogens is 1. The molecular formula is C13H10BrN3OS. The van der Waals surface area contributed by atoms with Crippen LogP contribution < -0.4 is 5.73 Å². The number of anilines is 1. The zero-order valence-corrected chi connectivity index (χ0v) is 12.2. The van der Waals surface area contributed by atoms with Crippen LogP contribution in [0.5, 0.6) is 0 Å². The van der Waals surface area contributed by atoms with Gasteiger partial charge in [-0.1, -0.05) is 15.9 Å². The topological polar surface area (TPSA) is 60.4 Å². The predicted molar refractivity (Wildman–Crippen MR) is 79.7 cm³/mol. The van der Waals surface area contributed by atoms with E-state index in [1.165, 1.54) is 0 Å². The molecule has 96 valence electrons. The Bertz CT molecular complexity index is 734. The molecular weight excluding hydrogens is 326 g/mol. The summed E-state index contributed by atoms with van der Waals surface area (Å²) in [6, 6.07) is 5.29. The quantitative estimate of drug-likeness (QED) is 0.590. The van der Waals surface area contributed by atoms with E-state index in [-0.39, 0.29) is 12.2 Å². The molecule has 0 spiro atoms. The van der Waals surface area contributed by atoms with Crippen LogP contribution in [0.4, 0.5) is 5.69 Å². The number of carbonyl (C=O) groups is 1. The molecule has 0 aliphatic heterocycles. The number of benzene rings is 1. The number of nitrogens with two attached hydrogens (primary N) is 1. The van der Waals surface area contributed by atoms with Gasteiger partial charge in [0, 0.05) is 33.5 Å². The Morgan fingerprint density at radius 1 is 1.47 bits per heavy atom. The molecule has 0 radical (unpaired) electrons. The van der Waals surface area contributed by atoms with Crippen molar-refractivity contribution in [1.82, 2.24) is 9.38 Å². The molecule has 3 aromatic rings. The molecule has 0 aliphatic rings. The molecule has 4 nitrogen and oxygen atoms in total. The zero-order chi connectivity index (χ0) is 13.4. The van der Waals surface area contributed by atoms with Crippen molar-refractivity contribution in [2.75, 3.05) is 5.73 Å².